The predicted octanol–water partition coefficient (Wildman–Crippen LogP) is 6.47. The number of hydrogen-bond acceptors (Lipinski definition) is 4. The molecular weight excluding hydrogens is 486 g/mol. The molecule has 6 rings (SSSR count). The first-order valence-electron chi connectivity index (χ1n) is 13.0. The number of amides is 1. The van der Waals surface area contributed by atoms with E-state index in [0.29, 0.717) is 11.3 Å². The second-order valence-corrected chi connectivity index (χ2v) is 9.88. The highest BCUT2D eigenvalue weighted by atomic mass is 16.4. The highest BCUT2D eigenvalue weighted by Crippen LogP contribution is 2.41. The van der Waals surface area contributed by atoms with Crippen molar-refractivity contribution in [2.45, 2.75) is 19.3 Å². The highest BCUT2D eigenvalue weighted by molar-refractivity contribution is 6.50. The Morgan fingerprint density at radius 2 is 1.62 bits per heavy atom. The van der Waals surface area contributed by atoms with Crippen LogP contribution < -0.4 is 10.2 Å². The number of aryl methyl sites for hydroxylation is 1. The minimum absolute atomic E-state index is 0.198. The van der Waals surface area contributed by atoms with Crippen LogP contribution in [0.4, 0.5) is 17.1 Å². The second-order valence-electron chi connectivity index (χ2n) is 9.88. The Kier molecular flexibility index (Phi) is 6.29. The molecule has 3 N–H and O–H groups in total. The molecule has 0 saturated carbocycles. The predicted molar refractivity (Wildman–Crippen MR) is 155 cm³/mol. The van der Waals surface area contributed by atoms with Gasteiger partial charge >= 0.3 is 5.97 Å². The molecule has 0 unspecified atom stereocenters. The Morgan fingerprint density at radius 1 is 0.846 bits per heavy atom. The van der Waals surface area contributed by atoms with Crippen LogP contribution in [0.3, 0.4) is 0 Å². The van der Waals surface area contributed by atoms with Gasteiger partial charge in [0.05, 0.1) is 5.57 Å². The van der Waals surface area contributed by atoms with Gasteiger partial charge in [-0.3, -0.25) is 10.2 Å². The molecule has 0 bridgehead atoms. The minimum Gasteiger partial charge on any atom is -0.477 e. The summed E-state index contributed by atoms with van der Waals surface area (Å²) in [5, 5.41) is 20.2. The normalized spacial score (nSPS) is 13.7. The van der Waals surface area contributed by atoms with E-state index in [1.54, 1.807) is 24.3 Å². The Morgan fingerprint density at radius 3 is 2.44 bits per heavy atom. The van der Waals surface area contributed by atoms with Crippen molar-refractivity contribution < 1.29 is 14.7 Å². The number of aliphatic carboxylic acids is 1. The number of fused-ring (bicyclic) bond motifs is 4. The van der Waals surface area contributed by atoms with E-state index >= 15 is 0 Å². The van der Waals surface area contributed by atoms with Crippen LogP contribution in [0.15, 0.2) is 96.6 Å². The van der Waals surface area contributed by atoms with Crippen LogP contribution in [-0.4, -0.2) is 29.2 Å². The summed E-state index contributed by atoms with van der Waals surface area (Å²) in [6, 6.07) is 30.0. The fraction of sp³-hybridized carbons (Fsp3) is 0.121. The number of benzene rings is 4. The Bertz CT molecular complexity index is 1660. The molecule has 1 heterocycles. The van der Waals surface area contributed by atoms with E-state index in [4.69, 9.17) is 5.41 Å². The maximum absolute atomic E-state index is 13.0. The molecule has 1 aliphatic carbocycles. The Balaban J connectivity index is 1.32. The van der Waals surface area contributed by atoms with Crippen molar-refractivity contribution in [2.75, 3.05) is 16.8 Å². The van der Waals surface area contributed by atoms with E-state index in [1.807, 2.05) is 24.3 Å². The van der Waals surface area contributed by atoms with Gasteiger partial charge in [-0.05, 0) is 95.1 Å². The van der Waals surface area contributed by atoms with Gasteiger partial charge in [0.15, 0.2) is 5.71 Å². The van der Waals surface area contributed by atoms with E-state index in [2.05, 4.69) is 52.7 Å². The molecule has 0 fully saturated rings. The Hall–Kier alpha value is -4.97. The smallest absolute Gasteiger partial charge is 0.354 e. The van der Waals surface area contributed by atoms with Gasteiger partial charge in [-0.25, -0.2) is 4.79 Å². The lowest BCUT2D eigenvalue weighted by molar-refractivity contribution is -0.129. The van der Waals surface area contributed by atoms with Gasteiger partial charge in [0.25, 0.3) is 5.91 Å². The van der Waals surface area contributed by atoms with Crippen LogP contribution in [0.25, 0.3) is 17.2 Å². The lowest BCUT2D eigenvalue weighted by atomic mass is 9.96. The lowest BCUT2D eigenvalue weighted by Gasteiger charge is -2.32. The van der Waals surface area contributed by atoms with E-state index in [-0.39, 0.29) is 5.57 Å². The van der Waals surface area contributed by atoms with E-state index < -0.39 is 17.6 Å². The first-order valence-corrected chi connectivity index (χ1v) is 13.0. The Labute approximate surface area is 226 Å². The molecule has 0 aromatic heterocycles. The zero-order chi connectivity index (χ0) is 26.9. The molecule has 1 aliphatic heterocycles. The van der Waals surface area contributed by atoms with Gasteiger partial charge in [0.2, 0.25) is 0 Å². The summed E-state index contributed by atoms with van der Waals surface area (Å²) in [5.41, 5.74) is 8.94. The third-order valence-electron chi connectivity index (χ3n) is 7.39. The summed E-state index contributed by atoms with van der Waals surface area (Å²) in [5.74, 6) is -2.09. The van der Waals surface area contributed by atoms with Crippen LogP contribution in [0.5, 0.6) is 0 Å². The van der Waals surface area contributed by atoms with Crippen molar-refractivity contribution >= 4 is 40.7 Å². The molecule has 4 aromatic rings. The fourth-order valence-corrected chi connectivity index (χ4v) is 5.51. The molecule has 0 atom stereocenters. The number of carboxylic acids is 1. The van der Waals surface area contributed by atoms with Crippen LogP contribution in [0.1, 0.15) is 28.7 Å². The molecular formula is C33H27N3O3. The lowest BCUT2D eigenvalue weighted by Crippen LogP contribution is -2.25. The number of carbonyl (C=O) groups excluding carboxylic acids is 1. The highest BCUT2D eigenvalue weighted by Gasteiger charge is 2.24. The topological polar surface area (TPSA) is 93.5 Å². The van der Waals surface area contributed by atoms with Crippen molar-refractivity contribution in [3.05, 3.63) is 119 Å². The molecule has 6 heteroatoms. The molecule has 2 aliphatic rings. The first kappa shape index (κ1) is 24.4. The number of nitrogens with zero attached hydrogens (tertiary/aromatic N) is 1. The molecule has 39 heavy (non-hydrogen) atoms. The average Bonchev–Trinajstić information content (AvgIpc) is 3.33. The van der Waals surface area contributed by atoms with Crippen LogP contribution in [0.2, 0.25) is 0 Å². The summed E-state index contributed by atoms with van der Waals surface area (Å²) in [7, 11) is 0. The molecule has 0 radical (unpaired) electrons. The molecule has 192 valence electrons. The van der Waals surface area contributed by atoms with Crippen molar-refractivity contribution in [2.24, 2.45) is 0 Å². The number of rotatable bonds is 6. The monoisotopic (exact) mass is 513 g/mol. The summed E-state index contributed by atoms with van der Waals surface area (Å²) in [4.78, 5) is 26.9. The largest absolute Gasteiger partial charge is 0.477 e. The summed E-state index contributed by atoms with van der Waals surface area (Å²) in [6.45, 7) is 0.900. The number of carboxylic acid groups (broad SMARTS) is 1. The van der Waals surface area contributed by atoms with Gasteiger partial charge < -0.3 is 15.3 Å². The fourth-order valence-electron chi connectivity index (χ4n) is 5.51. The third-order valence-corrected chi connectivity index (χ3v) is 7.39. The third kappa shape index (κ3) is 4.73. The quantitative estimate of drug-likeness (QED) is 0.179. The number of carbonyl (C=O) groups is 2. The van der Waals surface area contributed by atoms with E-state index in [0.717, 1.165) is 42.7 Å². The zero-order valence-electron chi connectivity index (χ0n) is 21.3. The summed E-state index contributed by atoms with van der Waals surface area (Å²) in [6.07, 6.45) is 4.30. The van der Waals surface area contributed by atoms with Crippen LogP contribution in [-0.2, 0) is 22.4 Å². The SMILES string of the molecule is N=C(C(=O)O)/C(=C/c1ccc2c(c1)CCCN2c1ccc2c(c1)-c1ccccc1C2)C(=O)Nc1ccccc1. The van der Waals surface area contributed by atoms with Crippen molar-refractivity contribution in [1.82, 2.24) is 0 Å². The number of anilines is 3. The maximum atomic E-state index is 13.0. The zero-order valence-corrected chi connectivity index (χ0v) is 21.3. The summed E-state index contributed by atoms with van der Waals surface area (Å²) < 4.78 is 0. The summed E-state index contributed by atoms with van der Waals surface area (Å²) >= 11 is 0. The van der Waals surface area contributed by atoms with Gasteiger partial charge in [0, 0.05) is 23.6 Å². The van der Waals surface area contributed by atoms with E-state index in [1.165, 1.54) is 28.3 Å². The van der Waals surface area contributed by atoms with Crippen molar-refractivity contribution in [1.29, 1.82) is 5.41 Å². The molecule has 6 nitrogen and oxygen atoms in total. The maximum Gasteiger partial charge on any atom is 0.354 e. The second kappa shape index (κ2) is 10.1. The van der Waals surface area contributed by atoms with Crippen LogP contribution in [0, 0.1) is 5.41 Å². The van der Waals surface area contributed by atoms with Crippen molar-refractivity contribution in [3.8, 4) is 11.1 Å². The van der Waals surface area contributed by atoms with Gasteiger partial charge in [-0.1, -0.05) is 54.6 Å². The minimum atomic E-state index is -1.45. The van der Waals surface area contributed by atoms with Crippen LogP contribution >= 0.6 is 0 Å². The van der Waals surface area contributed by atoms with Gasteiger partial charge in [-0.2, -0.15) is 0 Å². The average molecular weight is 514 g/mol. The number of para-hydroxylation sites is 1. The molecule has 1 amide bonds. The first-order chi connectivity index (χ1) is 19.0. The number of hydrogen-bond donors (Lipinski definition) is 3. The molecule has 4 aromatic carbocycles. The van der Waals surface area contributed by atoms with Crippen molar-refractivity contribution in [3.63, 3.8) is 0 Å². The standard InChI is InChI=1S/C33H27N3O3/c34-31(33(38)39)29(32(37)35-25-9-2-1-3-10-25)18-21-12-15-30-24(17-21)8-6-16-36(30)26-14-13-23-19-22-7-4-5-11-27(22)28(23)20-26/h1-5,7,9-15,17-18,20,34H,6,8,16,19H2,(H,35,37)(H,38,39)/b29-18-,34-31?. The van der Waals surface area contributed by atoms with Gasteiger partial charge in [0.1, 0.15) is 0 Å². The molecule has 0 saturated heterocycles. The number of nitrogens with one attached hydrogen (secondary N) is 2. The van der Waals surface area contributed by atoms with Gasteiger partial charge in [-0.15, -0.1) is 0 Å². The van der Waals surface area contributed by atoms with E-state index in [9.17, 15) is 14.7 Å². The molecule has 0 spiro atoms.